The van der Waals surface area contributed by atoms with Crippen molar-refractivity contribution >= 4 is 17.6 Å². The van der Waals surface area contributed by atoms with Crippen LogP contribution in [-0.2, 0) is 11.2 Å². The fraction of sp³-hybridized carbons (Fsp3) is 0.391. The number of amides is 3. The van der Waals surface area contributed by atoms with Gasteiger partial charge in [-0.3, -0.25) is 4.79 Å². The van der Waals surface area contributed by atoms with Gasteiger partial charge in [0.1, 0.15) is 6.04 Å². The first-order chi connectivity index (χ1) is 14.5. The lowest BCUT2D eigenvalue weighted by atomic mass is 10.1. The third-order valence-electron chi connectivity index (χ3n) is 5.28. The van der Waals surface area contributed by atoms with E-state index >= 15 is 0 Å². The Morgan fingerprint density at radius 1 is 1.07 bits per heavy atom. The molecule has 0 aliphatic carbocycles. The summed E-state index contributed by atoms with van der Waals surface area (Å²) in [6, 6.07) is 12.6. The third kappa shape index (κ3) is 5.23. The van der Waals surface area contributed by atoms with E-state index in [4.69, 9.17) is 9.47 Å². The lowest BCUT2D eigenvalue weighted by Gasteiger charge is -2.24. The highest BCUT2D eigenvalue weighted by molar-refractivity contribution is 5.94. The molecule has 7 nitrogen and oxygen atoms in total. The fourth-order valence-corrected chi connectivity index (χ4v) is 3.60. The number of urea groups is 1. The third-order valence-corrected chi connectivity index (χ3v) is 5.28. The number of anilines is 1. The van der Waals surface area contributed by atoms with Crippen molar-refractivity contribution in [2.24, 2.45) is 0 Å². The number of carbonyl (C=O) groups excluding carboxylic acids is 2. The van der Waals surface area contributed by atoms with Crippen LogP contribution in [0.4, 0.5) is 10.5 Å². The molecule has 1 saturated heterocycles. The molecule has 1 heterocycles. The zero-order valence-electron chi connectivity index (χ0n) is 17.7. The molecule has 1 aliphatic rings. The van der Waals surface area contributed by atoms with Gasteiger partial charge < -0.3 is 25.0 Å². The molecule has 0 spiro atoms. The summed E-state index contributed by atoms with van der Waals surface area (Å²) >= 11 is 0. The van der Waals surface area contributed by atoms with E-state index in [1.165, 1.54) is 0 Å². The maximum Gasteiger partial charge on any atom is 0.322 e. The fourth-order valence-electron chi connectivity index (χ4n) is 3.60. The largest absolute Gasteiger partial charge is 0.493 e. The molecule has 0 saturated carbocycles. The lowest BCUT2D eigenvalue weighted by molar-refractivity contribution is -0.124. The van der Waals surface area contributed by atoms with Crippen molar-refractivity contribution in [3.8, 4) is 11.5 Å². The van der Waals surface area contributed by atoms with E-state index in [-0.39, 0.29) is 11.9 Å². The van der Waals surface area contributed by atoms with Crippen molar-refractivity contribution in [1.29, 1.82) is 0 Å². The summed E-state index contributed by atoms with van der Waals surface area (Å²) in [6.07, 6.45) is 2.15. The zero-order valence-corrected chi connectivity index (χ0v) is 17.7. The number of benzene rings is 2. The van der Waals surface area contributed by atoms with Crippen LogP contribution in [0.3, 0.4) is 0 Å². The summed E-state index contributed by atoms with van der Waals surface area (Å²) in [4.78, 5) is 27.0. The van der Waals surface area contributed by atoms with Gasteiger partial charge in [-0.25, -0.2) is 4.79 Å². The first-order valence-corrected chi connectivity index (χ1v) is 10.1. The molecule has 30 heavy (non-hydrogen) atoms. The molecular weight excluding hydrogens is 382 g/mol. The lowest BCUT2D eigenvalue weighted by Crippen LogP contribution is -2.47. The van der Waals surface area contributed by atoms with Gasteiger partial charge in [0.25, 0.3) is 0 Å². The molecule has 2 aromatic rings. The predicted octanol–water partition coefficient (Wildman–Crippen LogP) is 3.37. The SMILES string of the molecule is COc1ccc(CCNC(=O)[C@@H]2CCCN2C(=O)Nc2ccc(C)cc2)cc1OC. The van der Waals surface area contributed by atoms with Crippen LogP contribution in [0.15, 0.2) is 42.5 Å². The quantitative estimate of drug-likeness (QED) is 0.732. The molecule has 160 valence electrons. The van der Waals surface area contributed by atoms with Gasteiger partial charge in [-0.2, -0.15) is 0 Å². The highest BCUT2D eigenvalue weighted by Gasteiger charge is 2.33. The van der Waals surface area contributed by atoms with Crippen LogP contribution in [0.1, 0.15) is 24.0 Å². The smallest absolute Gasteiger partial charge is 0.322 e. The van der Waals surface area contributed by atoms with Crippen molar-refractivity contribution in [1.82, 2.24) is 10.2 Å². The number of methoxy groups -OCH3 is 2. The van der Waals surface area contributed by atoms with Gasteiger partial charge in [0.2, 0.25) is 5.91 Å². The Morgan fingerprint density at radius 3 is 2.50 bits per heavy atom. The van der Waals surface area contributed by atoms with Crippen LogP contribution in [0.5, 0.6) is 11.5 Å². The topological polar surface area (TPSA) is 79.9 Å². The minimum absolute atomic E-state index is 0.118. The summed E-state index contributed by atoms with van der Waals surface area (Å²) in [5, 5.41) is 5.85. The van der Waals surface area contributed by atoms with Gasteiger partial charge in [0.05, 0.1) is 14.2 Å². The van der Waals surface area contributed by atoms with Crippen LogP contribution in [0, 0.1) is 6.92 Å². The number of ether oxygens (including phenoxy) is 2. The summed E-state index contributed by atoms with van der Waals surface area (Å²) in [5.41, 5.74) is 2.89. The number of nitrogens with zero attached hydrogens (tertiary/aromatic N) is 1. The summed E-state index contributed by atoms with van der Waals surface area (Å²) in [6.45, 7) is 3.05. The van der Waals surface area contributed by atoms with Crippen LogP contribution in [-0.4, -0.2) is 50.2 Å². The monoisotopic (exact) mass is 411 g/mol. The molecule has 3 amide bonds. The average Bonchev–Trinajstić information content (AvgIpc) is 3.25. The first kappa shape index (κ1) is 21.5. The van der Waals surface area contributed by atoms with Gasteiger partial charge in [-0.1, -0.05) is 23.8 Å². The second kappa shape index (κ2) is 10.0. The Bertz CT molecular complexity index is 883. The second-order valence-corrected chi connectivity index (χ2v) is 7.38. The number of nitrogens with one attached hydrogen (secondary N) is 2. The van der Waals surface area contributed by atoms with Crippen LogP contribution in [0.2, 0.25) is 0 Å². The standard InChI is InChI=1S/C23H29N3O4/c1-16-6-9-18(10-7-16)25-23(28)26-14-4-5-19(26)22(27)24-13-12-17-8-11-20(29-2)21(15-17)30-3/h6-11,15,19H,4-5,12-14H2,1-3H3,(H,24,27)(H,25,28)/t19-/m0/s1. The summed E-state index contributed by atoms with van der Waals surface area (Å²) < 4.78 is 10.6. The summed E-state index contributed by atoms with van der Waals surface area (Å²) in [5.74, 6) is 1.22. The van der Waals surface area contributed by atoms with Crippen LogP contribution < -0.4 is 20.1 Å². The molecule has 0 radical (unpaired) electrons. The van der Waals surface area contributed by atoms with E-state index in [2.05, 4.69) is 10.6 Å². The number of carbonyl (C=O) groups is 2. The number of hydrogen-bond donors (Lipinski definition) is 2. The first-order valence-electron chi connectivity index (χ1n) is 10.1. The van der Waals surface area contributed by atoms with E-state index < -0.39 is 6.04 Å². The van der Waals surface area contributed by atoms with E-state index in [1.807, 2.05) is 49.4 Å². The molecule has 1 aliphatic heterocycles. The predicted molar refractivity (Wildman–Crippen MR) is 116 cm³/mol. The molecular formula is C23H29N3O4. The zero-order chi connectivity index (χ0) is 21.5. The maximum atomic E-state index is 12.7. The van der Waals surface area contributed by atoms with Crippen molar-refractivity contribution in [2.75, 3.05) is 32.6 Å². The van der Waals surface area contributed by atoms with Crippen molar-refractivity contribution < 1.29 is 19.1 Å². The molecule has 1 atom stereocenters. The number of hydrogen-bond acceptors (Lipinski definition) is 4. The van der Waals surface area contributed by atoms with E-state index in [1.54, 1.807) is 19.1 Å². The Labute approximate surface area is 177 Å². The average molecular weight is 412 g/mol. The molecule has 7 heteroatoms. The van der Waals surface area contributed by atoms with Gasteiger partial charge in [0, 0.05) is 18.8 Å². The van der Waals surface area contributed by atoms with E-state index in [0.717, 1.165) is 23.2 Å². The molecule has 2 N–H and O–H groups in total. The van der Waals surface area contributed by atoms with Crippen LogP contribution >= 0.6 is 0 Å². The number of rotatable bonds is 7. The van der Waals surface area contributed by atoms with Crippen molar-refractivity contribution in [3.05, 3.63) is 53.6 Å². The molecule has 3 rings (SSSR count). The normalized spacial score (nSPS) is 15.6. The molecule has 2 aromatic carbocycles. The minimum Gasteiger partial charge on any atom is -0.493 e. The number of likely N-dealkylation sites (tertiary alicyclic amines) is 1. The Balaban J connectivity index is 1.53. The molecule has 0 bridgehead atoms. The van der Waals surface area contributed by atoms with Gasteiger partial charge >= 0.3 is 6.03 Å². The summed E-state index contributed by atoms with van der Waals surface area (Å²) in [7, 11) is 3.19. The minimum atomic E-state index is -0.444. The van der Waals surface area contributed by atoms with Gasteiger partial charge in [-0.05, 0) is 56.0 Å². The second-order valence-electron chi connectivity index (χ2n) is 7.38. The highest BCUT2D eigenvalue weighted by atomic mass is 16.5. The van der Waals surface area contributed by atoms with Gasteiger partial charge in [-0.15, -0.1) is 0 Å². The van der Waals surface area contributed by atoms with E-state index in [9.17, 15) is 9.59 Å². The Morgan fingerprint density at radius 2 is 1.80 bits per heavy atom. The highest BCUT2D eigenvalue weighted by Crippen LogP contribution is 2.27. The van der Waals surface area contributed by atoms with Crippen LogP contribution in [0.25, 0.3) is 0 Å². The van der Waals surface area contributed by atoms with Crippen molar-refractivity contribution in [3.63, 3.8) is 0 Å². The molecule has 0 aromatic heterocycles. The van der Waals surface area contributed by atoms with E-state index in [0.29, 0.717) is 37.4 Å². The number of aryl methyl sites for hydroxylation is 1. The Kier molecular flexibility index (Phi) is 7.17. The maximum absolute atomic E-state index is 12.7. The van der Waals surface area contributed by atoms with Gasteiger partial charge in [0.15, 0.2) is 11.5 Å². The molecule has 0 unspecified atom stereocenters. The van der Waals surface area contributed by atoms with Crippen molar-refractivity contribution in [2.45, 2.75) is 32.2 Å². The molecule has 1 fully saturated rings. The Hall–Kier alpha value is -3.22.